The van der Waals surface area contributed by atoms with Crippen LogP contribution >= 0.6 is 11.6 Å². The number of hydrogen-bond donors (Lipinski definition) is 1. The fourth-order valence-electron chi connectivity index (χ4n) is 3.38. The van der Waals surface area contributed by atoms with Gasteiger partial charge in [-0.3, -0.25) is 19.2 Å². The first-order valence-corrected chi connectivity index (χ1v) is 6.18. The number of halogens is 1. The molecule has 0 radical (unpaired) electrons. The van der Waals surface area contributed by atoms with Crippen molar-refractivity contribution in [2.24, 2.45) is 16.7 Å². The van der Waals surface area contributed by atoms with Gasteiger partial charge in [-0.25, -0.2) is 0 Å². The maximum Gasteiger partial charge on any atom is 0.240 e. The molecule has 0 aromatic carbocycles. The fraction of sp³-hybridized carbons (Fsp3) is 0.667. The van der Waals surface area contributed by atoms with Gasteiger partial charge >= 0.3 is 0 Å². The summed E-state index contributed by atoms with van der Waals surface area (Å²) in [6.45, 7) is 3.19. The largest absolute Gasteiger partial charge is 0.347 e. The molecule has 2 fully saturated rings. The molecule has 2 aliphatic carbocycles. The van der Waals surface area contributed by atoms with E-state index in [1.165, 1.54) is 0 Å². The van der Waals surface area contributed by atoms with Crippen LogP contribution in [-0.4, -0.2) is 29.3 Å². The van der Waals surface area contributed by atoms with Crippen LogP contribution in [-0.2, 0) is 19.2 Å². The molecule has 6 heteroatoms. The Morgan fingerprint density at radius 1 is 1.39 bits per heavy atom. The van der Waals surface area contributed by atoms with Crippen molar-refractivity contribution in [2.75, 3.05) is 6.54 Å². The summed E-state index contributed by atoms with van der Waals surface area (Å²) in [4.78, 5) is 46.7. The molecule has 98 valence electrons. The van der Waals surface area contributed by atoms with Crippen molar-refractivity contribution < 1.29 is 19.2 Å². The van der Waals surface area contributed by atoms with Gasteiger partial charge < -0.3 is 5.32 Å². The second-order valence-corrected chi connectivity index (χ2v) is 5.87. The molecule has 2 aliphatic rings. The predicted octanol–water partition coefficient (Wildman–Crippen LogP) is 0.442. The molecule has 5 nitrogen and oxygen atoms in total. The molecule has 0 aromatic rings. The van der Waals surface area contributed by atoms with Gasteiger partial charge in [-0.15, -0.1) is 0 Å². The van der Waals surface area contributed by atoms with Crippen LogP contribution in [0.15, 0.2) is 0 Å². The van der Waals surface area contributed by atoms with Crippen LogP contribution in [0.1, 0.15) is 26.7 Å². The highest BCUT2D eigenvalue weighted by molar-refractivity contribution is 6.64. The van der Waals surface area contributed by atoms with Crippen molar-refractivity contribution in [1.82, 2.24) is 5.32 Å². The van der Waals surface area contributed by atoms with Crippen molar-refractivity contribution in [2.45, 2.75) is 26.7 Å². The topological polar surface area (TPSA) is 80.3 Å². The van der Waals surface area contributed by atoms with Crippen molar-refractivity contribution in [3.63, 3.8) is 0 Å². The van der Waals surface area contributed by atoms with Gasteiger partial charge in [0.25, 0.3) is 0 Å². The van der Waals surface area contributed by atoms with Crippen LogP contribution in [0.5, 0.6) is 0 Å². The third-order valence-corrected chi connectivity index (χ3v) is 4.62. The van der Waals surface area contributed by atoms with Gasteiger partial charge in [0, 0.05) is 5.92 Å². The van der Waals surface area contributed by atoms with Crippen molar-refractivity contribution in [1.29, 1.82) is 0 Å². The molecular formula is C12H14ClNO4. The first kappa shape index (κ1) is 13.2. The van der Waals surface area contributed by atoms with E-state index in [1.807, 2.05) is 0 Å². The highest BCUT2D eigenvalue weighted by Gasteiger charge is 2.72. The van der Waals surface area contributed by atoms with E-state index >= 15 is 0 Å². The minimum absolute atomic E-state index is 0.329. The van der Waals surface area contributed by atoms with E-state index in [-0.39, 0.29) is 12.5 Å². The molecule has 1 N–H and O–H groups in total. The summed E-state index contributed by atoms with van der Waals surface area (Å²) >= 11 is 5.16. The molecule has 1 amide bonds. The highest BCUT2D eigenvalue weighted by Crippen LogP contribution is 2.62. The van der Waals surface area contributed by atoms with Gasteiger partial charge in [-0.2, -0.15) is 0 Å². The van der Waals surface area contributed by atoms with Crippen LogP contribution < -0.4 is 5.32 Å². The standard InChI is InChI=1S/C12H14ClNO4/c1-11(2)6-3-4-12(11,9(17)8(6)16)10(18)14-5-7(13)15/h6H,3-5H2,1-2H3,(H,14,18). The van der Waals surface area contributed by atoms with E-state index in [4.69, 9.17) is 11.6 Å². The lowest BCUT2D eigenvalue weighted by molar-refractivity contribution is -0.149. The summed E-state index contributed by atoms with van der Waals surface area (Å²) in [5.74, 6) is -2.02. The molecule has 2 bridgehead atoms. The number of hydrogen-bond acceptors (Lipinski definition) is 4. The van der Waals surface area contributed by atoms with Gasteiger partial charge in [0.2, 0.25) is 22.7 Å². The smallest absolute Gasteiger partial charge is 0.240 e. The summed E-state index contributed by atoms with van der Waals surface area (Å²) in [5, 5.41) is 1.65. The van der Waals surface area contributed by atoms with E-state index in [0.29, 0.717) is 12.8 Å². The SMILES string of the molecule is CC1(C)C2CCC1(C(=O)NCC(=O)Cl)C(=O)C2=O. The summed E-state index contributed by atoms with van der Waals surface area (Å²) in [6.07, 6.45) is 0.900. The fourth-order valence-corrected chi connectivity index (χ4v) is 3.45. The lowest BCUT2D eigenvalue weighted by Crippen LogP contribution is -2.51. The molecule has 0 aliphatic heterocycles. The monoisotopic (exact) mass is 271 g/mol. The Morgan fingerprint density at radius 2 is 2.00 bits per heavy atom. The van der Waals surface area contributed by atoms with Crippen LogP contribution in [0, 0.1) is 16.7 Å². The second-order valence-electron chi connectivity index (χ2n) is 5.45. The van der Waals surface area contributed by atoms with Crippen molar-refractivity contribution in [3.8, 4) is 0 Å². The molecule has 0 spiro atoms. The molecule has 2 atom stereocenters. The maximum atomic E-state index is 12.2. The second kappa shape index (κ2) is 3.88. The molecule has 0 aromatic heterocycles. The van der Waals surface area contributed by atoms with Gasteiger partial charge in [0.15, 0.2) is 0 Å². The van der Waals surface area contributed by atoms with E-state index in [0.717, 1.165) is 0 Å². The van der Waals surface area contributed by atoms with Crippen LogP contribution in [0.2, 0.25) is 0 Å². The Kier molecular flexibility index (Phi) is 2.85. The molecule has 18 heavy (non-hydrogen) atoms. The van der Waals surface area contributed by atoms with E-state index in [9.17, 15) is 19.2 Å². The van der Waals surface area contributed by atoms with Crippen LogP contribution in [0.3, 0.4) is 0 Å². The zero-order valence-corrected chi connectivity index (χ0v) is 11.0. The van der Waals surface area contributed by atoms with Gasteiger partial charge in [0.1, 0.15) is 5.41 Å². The predicted molar refractivity (Wildman–Crippen MR) is 62.8 cm³/mol. The Morgan fingerprint density at radius 3 is 2.44 bits per heavy atom. The molecule has 0 saturated heterocycles. The highest BCUT2D eigenvalue weighted by atomic mass is 35.5. The summed E-state index contributed by atoms with van der Waals surface area (Å²) in [6, 6.07) is 0. The third kappa shape index (κ3) is 1.40. The first-order valence-electron chi connectivity index (χ1n) is 5.80. The van der Waals surface area contributed by atoms with Crippen LogP contribution in [0.25, 0.3) is 0 Å². The zero-order chi connectivity index (χ0) is 13.7. The zero-order valence-electron chi connectivity index (χ0n) is 10.2. The van der Waals surface area contributed by atoms with Crippen molar-refractivity contribution >= 4 is 34.3 Å². The molecular weight excluding hydrogens is 258 g/mol. The molecule has 2 unspecified atom stereocenters. The number of fused-ring (bicyclic) bond motifs is 2. The maximum absolute atomic E-state index is 12.2. The van der Waals surface area contributed by atoms with Crippen LogP contribution in [0.4, 0.5) is 0 Å². The van der Waals surface area contributed by atoms with Crippen molar-refractivity contribution in [3.05, 3.63) is 0 Å². The average molecular weight is 272 g/mol. The Bertz CT molecular complexity index is 471. The Labute approximate surface area is 109 Å². The number of nitrogens with one attached hydrogen (secondary N) is 1. The average Bonchev–Trinajstić information content (AvgIpc) is 2.62. The molecule has 2 saturated carbocycles. The normalized spacial score (nSPS) is 32.7. The third-order valence-electron chi connectivity index (χ3n) is 4.48. The summed E-state index contributed by atoms with van der Waals surface area (Å²) < 4.78 is 0. The minimum atomic E-state index is -1.32. The lowest BCUT2D eigenvalue weighted by atomic mass is 9.68. The number of carbonyl (C=O) groups is 4. The Balaban J connectivity index is 2.34. The van der Waals surface area contributed by atoms with Gasteiger partial charge in [-0.1, -0.05) is 13.8 Å². The quantitative estimate of drug-likeness (QED) is 0.459. The van der Waals surface area contributed by atoms with Gasteiger partial charge in [-0.05, 0) is 29.9 Å². The number of amides is 1. The number of carbonyl (C=O) groups excluding carboxylic acids is 4. The summed E-state index contributed by atoms with van der Waals surface area (Å²) in [7, 11) is 0. The molecule has 0 heterocycles. The molecule has 2 rings (SSSR count). The van der Waals surface area contributed by atoms with E-state index < -0.39 is 33.5 Å². The number of Topliss-reactive ketones (excluding diaryl/α,β-unsaturated/α-hetero) is 2. The first-order chi connectivity index (χ1) is 8.25. The lowest BCUT2D eigenvalue weighted by Gasteiger charge is -2.33. The summed E-state index contributed by atoms with van der Waals surface area (Å²) in [5.41, 5.74) is -2.01. The van der Waals surface area contributed by atoms with E-state index in [1.54, 1.807) is 13.8 Å². The number of ketones is 2. The number of rotatable bonds is 3. The Hall–Kier alpha value is -1.23. The van der Waals surface area contributed by atoms with E-state index in [2.05, 4.69) is 5.32 Å². The van der Waals surface area contributed by atoms with Gasteiger partial charge in [0.05, 0.1) is 6.54 Å². The minimum Gasteiger partial charge on any atom is -0.347 e.